The van der Waals surface area contributed by atoms with E-state index >= 15 is 0 Å². The fourth-order valence-electron chi connectivity index (χ4n) is 5.82. The highest BCUT2D eigenvalue weighted by Gasteiger charge is 2.28. The van der Waals surface area contributed by atoms with E-state index in [4.69, 9.17) is 4.74 Å². The molecule has 5 rings (SSSR count). The number of ketones is 1. The first kappa shape index (κ1) is 29.3. The minimum absolute atomic E-state index is 0.0973. The maximum absolute atomic E-state index is 13.5. The Hall–Kier alpha value is -4.21. The van der Waals surface area contributed by atoms with Gasteiger partial charge in [0.05, 0.1) is 23.6 Å². The minimum Gasteiger partial charge on any atom is -0.465 e. The van der Waals surface area contributed by atoms with Crippen molar-refractivity contribution in [2.45, 2.75) is 77.4 Å². The van der Waals surface area contributed by atoms with Gasteiger partial charge in [-0.3, -0.25) is 18.7 Å². The van der Waals surface area contributed by atoms with E-state index in [1.165, 1.54) is 17.7 Å². The Morgan fingerprint density at radius 1 is 1.00 bits per heavy atom. The maximum Gasteiger partial charge on any atom is 0.337 e. The first-order valence-corrected chi connectivity index (χ1v) is 14.8. The van der Waals surface area contributed by atoms with Crippen molar-refractivity contribution in [3.05, 3.63) is 74.4 Å². The number of likely N-dealkylation sites (tertiary alicyclic amines) is 1. The summed E-state index contributed by atoms with van der Waals surface area (Å²) < 4.78 is 7.73. The van der Waals surface area contributed by atoms with E-state index in [2.05, 4.69) is 5.32 Å². The third-order valence-corrected chi connectivity index (χ3v) is 8.27. The predicted octanol–water partition coefficient (Wildman–Crippen LogP) is 4.99. The molecule has 2 heterocycles. The number of nitrogens with one attached hydrogen (secondary N) is 1. The Kier molecular flexibility index (Phi) is 8.61. The van der Waals surface area contributed by atoms with Crippen molar-refractivity contribution < 1.29 is 19.1 Å². The Morgan fingerprint density at radius 3 is 2.48 bits per heavy atom. The van der Waals surface area contributed by atoms with E-state index in [1.807, 2.05) is 13.8 Å². The summed E-state index contributed by atoms with van der Waals surface area (Å²) in [6.45, 7) is 4.81. The second kappa shape index (κ2) is 12.3. The van der Waals surface area contributed by atoms with Crippen molar-refractivity contribution in [3.63, 3.8) is 0 Å². The van der Waals surface area contributed by atoms with Crippen LogP contribution in [0, 0.1) is 5.92 Å². The van der Waals surface area contributed by atoms with E-state index in [0.717, 1.165) is 32.1 Å². The largest absolute Gasteiger partial charge is 0.465 e. The second-order valence-corrected chi connectivity index (χ2v) is 11.6. The molecule has 1 N–H and O–H groups in total. The average molecular weight is 575 g/mol. The molecule has 0 radical (unpaired) electrons. The first-order chi connectivity index (χ1) is 20.2. The number of urea groups is 1. The highest BCUT2D eigenvalue weighted by atomic mass is 16.5. The van der Waals surface area contributed by atoms with Gasteiger partial charge in [-0.2, -0.15) is 0 Å². The van der Waals surface area contributed by atoms with Gasteiger partial charge in [-0.1, -0.05) is 12.1 Å². The number of amides is 2. The molecule has 1 saturated carbocycles. The Labute approximate surface area is 244 Å². The normalized spacial score (nSPS) is 17.0. The lowest BCUT2D eigenvalue weighted by Gasteiger charge is -2.35. The number of carbonyl (C=O) groups excluding carboxylic acids is 3. The number of fused-ring (bicyclic) bond motifs is 1. The van der Waals surface area contributed by atoms with E-state index in [0.29, 0.717) is 53.1 Å². The molecule has 1 aliphatic heterocycles. The van der Waals surface area contributed by atoms with Crippen LogP contribution in [0.5, 0.6) is 0 Å². The molecular weight excluding hydrogens is 536 g/mol. The smallest absolute Gasteiger partial charge is 0.337 e. The van der Waals surface area contributed by atoms with Gasteiger partial charge in [0.25, 0.3) is 5.56 Å². The summed E-state index contributed by atoms with van der Waals surface area (Å²) in [5.74, 6) is -0.237. The number of methoxy groups -OCH3 is 1. The molecule has 10 nitrogen and oxygen atoms in total. The SMILES string of the molecule is COC(=O)c1cccc(C(=O)CCC2CCCCN2C(=O)Nc2ccc3c(c2)c(=O)n(CC2CC2)c(=O)n3C(C)C)c1. The fraction of sp³-hybridized carbons (Fsp3) is 0.469. The van der Waals surface area contributed by atoms with Crippen LogP contribution in [0.25, 0.3) is 10.9 Å². The summed E-state index contributed by atoms with van der Waals surface area (Å²) in [5, 5.41) is 3.36. The summed E-state index contributed by atoms with van der Waals surface area (Å²) in [5.41, 5.74) is 1.16. The minimum atomic E-state index is -0.497. The quantitative estimate of drug-likeness (QED) is 0.284. The average Bonchev–Trinajstić information content (AvgIpc) is 3.82. The summed E-state index contributed by atoms with van der Waals surface area (Å²) in [7, 11) is 1.30. The van der Waals surface area contributed by atoms with E-state index < -0.39 is 5.97 Å². The topological polar surface area (TPSA) is 120 Å². The third-order valence-electron chi connectivity index (χ3n) is 8.27. The van der Waals surface area contributed by atoms with Crippen LogP contribution in [0.1, 0.15) is 85.6 Å². The molecule has 10 heteroatoms. The van der Waals surface area contributed by atoms with Crippen LogP contribution in [-0.2, 0) is 11.3 Å². The number of benzene rings is 2. The zero-order valence-corrected chi connectivity index (χ0v) is 24.4. The van der Waals surface area contributed by atoms with Crippen molar-refractivity contribution in [2.24, 2.45) is 5.92 Å². The van der Waals surface area contributed by atoms with E-state index in [-0.39, 0.29) is 41.6 Å². The number of rotatable bonds is 9. The second-order valence-electron chi connectivity index (χ2n) is 11.6. The number of Topliss-reactive ketones (excluding diaryl/α,β-unsaturated/α-hetero) is 1. The molecule has 1 saturated heterocycles. The lowest BCUT2D eigenvalue weighted by Crippen LogP contribution is -2.46. The van der Waals surface area contributed by atoms with Crippen LogP contribution >= 0.6 is 0 Å². The van der Waals surface area contributed by atoms with Gasteiger partial charge in [0.15, 0.2) is 5.78 Å². The summed E-state index contributed by atoms with van der Waals surface area (Å²) in [6.07, 6.45) is 5.38. The van der Waals surface area contributed by atoms with Gasteiger partial charge >= 0.3 is 17.7 Å². The number of aromatic nitrogens is 2. The van der Waals surface area contributed by atoms with Crippen molar-refractivity contribution in [1.82, 2.24) is 14.0 Å². The molecule has 2 aliphatic rings. The van der Waals surface area contributed by atoms with E-state index in [9.17, 15) is 24.0 Å². The molecule has 0 bridgehead atoms. The van der Waals surface area contributed by atoms with Crippen LogP contribution in [0.2, 0.25) is 0 Å². The highest BCUT2D eigenvalue weighted by Crippen LogP contribution is 2.30. The predicted molar refractivity (Wildman–Crippen MR) is 160 cm³/mol. The molecule has 2 aromatic carbocycles. The zero-order valence-electron chi connectivity index (χ0n) is 24.4. The van der Waals surface area contributed by atoms with Crippen LogP contribution < -0.4 is 16.6 Å². The number of hydrogen-bond donors (Lipinski definition) is 1. The van der Waals surface area contributed by atoms with Gasteiger partial charge in [0.1, 0.15) is 0 Å². The lowest BCUT2D eigenvalue weighted by molar-refractivity contribution is 0.0600. The molecule has 1 atom stereocenters. The zero-order chi connectivity index (χ0) is 30.0. The number of carbonyl (C=O) groups is 3. The molecule has 2 fully saturated rings. The Balaban J connectivity index is 1.32. The molecule has 1 aliphatic carbocycles. The van der Waals surface area contributed by atoms with Crippen LogP contribution in [0.4, 0.5) is 10.5 Å². The van der Waals surface area contributed by atoms with Crippen LogP contribution in [-0.4, -0.2) is 51.5 Å². The van der Waals surface area contributed by atoms with Crippen molar-refractivity contribution in [1.29, 1.82) is 0 Å². The number of esters is 1. The summed E-state index contributed by atoms with van der Waals surface area (Å²) in [6, 6.07) is 11.1. The van der Waals surface area contributed by atoms with Gasteiger partial charge in [0.2, 0.25) is 0 Å². The maximum atomic E-state index is 13.5. The number of nitrogens with zero attached hydrogens (tertiary/aromatic N) is 3. The molecule has 2 amide bonds. The molecule has 0 spiro atoms. The van der Waals surface area contributed by atoms with Gasteiger partial charge < -0.3 is 15.0 Å². The molecule has 1 aromatic heterocycles. The van der Waals surface area contributed by atoms with Gasteiger partial charge in [-0.05, 0) is 88.6 Å². The Bertz CT molecular complexity index is 1630. The molecule has 42 heavy (non-hydrogen) atoms. The highest BCUT2D eigenvalue weighted by molar-refractivity contribution is 5.99. The van der Waals surface area contributed by atoms with Gasteiger partial charge in [-0.25, -0.2) is 14.4 Å². The van der Waals surface area contributed by atoms with Crippen molar-refractivity contribution in [2.75, 3.05) is 19.0 Å². The molecule has 1 unspecified atom stereocenters. The number of ether oxygens (including phenoxy) is 1. The summed E-state index contributed by atoms with van der Waals surface area (Å²) in [4.78, 5) is 66.6. The van der Waals surface area contributed by atoms with Crippen LogP contribution in [0.3, 0.4) is 0 Å². The lowest BCUT2D eigenvalue weighted by atomic mass is 9.95. The van der Waals surface area contributed by atoms with Crippen molar-refractivity contribution >= 4 is 34.4 Å². The number of anilines is 1. The van der Waals surface area contributed by atoms with Gasteiger partial charge in [0, 0.05) is 42.8 Å². The molecular formula is C32H38N4O6. The third kappa shape index (κ3) is 6.17. The number of piperidine rings is 1. The molecule has 222 valence electrons. The monoisotopic (exact) mass is 574 g/mol. The first-order valence-electron chi connectivity index (χ1n) is 14.8. The fourth-order valence-corrected chi connectivity index (χ4v) is 5.82. The molecule has 3 aromatic rings. The van der Waals surface area contributed by atoms with Gasteiger partial charge in [-0.15, -0.1) is 0 Å². The Morgan fingerprint density at radius 2 is 1.76 bits per heavy atom. The van der Waals surface area contributed by atoms with Crippen LogP contribution in [0.15, 0.2) is 52.1 Å². The van der Waals surface area contributed by atoms with E-state index in [1.54, 1.807) is 45.9 Å². The van der Waals surface area contributed by atoms with Crippen molar-refractivity contribution in [3.8, 4) is 0 Å². The number of hydrogen-bond acceptors (Lipinski definition) is 6. The standard InChI is InChI=1S/C32H38N4O6/c1-20(2)36-27-14-12-24(18-26(27)29(38)35(32(36)41)19-21-10-11-21)33-31(40)34-16-5-4-9-25(34)13-15-28(37)22-7-6-8-23(17-22)30(39)42-3/h6-8,12,14,17-18,20-21,25H,4-5,9-11,13,15-16,19H2,1-3H3,(H,33,40). The summed E-state index contributed by atoms with van der Waals surface area (Å²) >= 11 is 0.